The lowest BCUT2D eigenvalue weighted by molar-refractivity contribution is -0.384. The van der Waals surface area contributed by atoms with E-state index in [4.69, 9.17) is 9.62 Å². The Morgan fingerprint density at radius 2 is 1.61 bits per heavy atom. The molecule has 0 saturated heterocycles. The van der Waals surface area contributed by atoms with Crippen LogP contribution in [0.1, 0.15) is 28.5 Å². The van der Waals surface area contributed by atoms with E-state index in [9.17, 15) is 19.7 Å². The van der Waals surface area contributed by atoms with Gasteiger partial charge in [-0.3, -0.25) is 19.7 Å². The van der Waals surface area contributed by atoms with Crippen molar-refractivity contribution in [2.24, 2.45) is 0 Å². The smallest absolute Gasteiger partial charge is 0.272 e. The molecule has 0 aliphatic rings. The van der Waals surface area contributed by atoms with Crippen molar-refractivity contribution < 1.29 is 19.0 Å². The molecule has 2 N–H and O–H groups in total. The van der Waals surface area contributed by atoms with Crippen molar-refractivity contribution >= 4 is 23.2 Å². The van der Waals surface area contributed by atoms with Crippen LogP contribution in [0.5, 0.6) is 0 Å². The molecular weight excluding hydrogens is 652 g/mol. The molecule has 0 unspecified atom stereocenters. The van der Waals surface area contributed by atoms with Crippen LogP contribution in [0.15, 0.2) is 120 Å². The number of carbonyl (C=O) groups excluding carboxylic acids is 2. The fraction of sp³-hybridized carbons (Fsp3) is 0.0833. The Morgan fingerprint density at radius 1 is 0.882 bits per heavy atom. The number of nitrogens with zero attached hydrogens (tertiary/aromatic N) is 8. The molecule has 15 nitrogen and oxygen atoms in total. The van der Waals surface area contributed by atoms with Gasteiger partial charge in [-0.1, -0.05) is 83.2 Å². The van der Waals surface area contributed by atoms with E-state index in [-0.39, 0.29) is 41.0 Å². The second-order valence-corrected chi connectivity index (χ2v) is 11.4. The van der Waals surface area contributed by atoms with Crippen LogP contribution in [-0.2, 0) is 17.9 Å². The van der Waals surface area contributed by atoms with Crippen LogP contribution < -0.4 is 10.6 Å². The molecule has 0 bridgehead atoms. The third-order valence-corrected chi connectivity index (χ3v) is 7.77. The first-order valence-corrected chi connectivity index (χ1v) is 15.7. The van der Waals surface area contributed by atoms with E-state index in [0.29, 0.717) is 29.1 Å². The molecule has 15 heteroatoms. The molecule has 0 aliphatic heterocycles. The van der Waals surface area contributed by atoms with Crippen molar-refractivity contribution in [1.29, 1.82) is 0 Å². The first kappa shape index (κ1) is 32.3. The Kier molecular flexibility index (Phi) is 8.89. The van der Waals surface area contributed by atoms with Crippen LogP contribution in [0.4, 0.5) is 11.4 Å². The van der Waals surface area contributed by atoms with Crippen molar-refractivity contribution in [1.82, 2.24) is 40.2 Å². The molecule has 3 heterocycles. The Labute approximate surface area is 289 Å². The number of carbonyl (C=O) groups is 2. The summed E-state index contributed by atoms with van der Waals surface area (Å²) in [6.45, 7) is 2.05. The molecule has 0 aliphatic carbocycles. The summed E-state index contributed by atoms with van der Waals surface area (Å²) in [7, 11) is 0. The first-order valence-electron chi connectivity index (χ1n) is 15.7. The average Bonchev–Trinajstić information content (AvgIpc) is 3.91. The van der Waals surface area contributed by atoms with Gasteiger partial charge in [0.15, 0.2) is 11.4 Å². The number of amides is 2. The molecular formula is C36H28N10O5. The minimum absolute atomic E-state index is 0.0164. The second kappa shape index (κ2) is 14.1. The van der Waals surface area contributed by atoms with Crippen LogP contribution in [0.25, 0.3) is 39.9 Å². The van der Waals surface area contributed by atoms with E-state index >= 15 is 0 Å². The minimum Gasteiger partial charge on any atom is -0.347 e. The number of nitro benzene ring substituents is 1. The summed E-state index contributed by atoms with van der Waals surface area (Å²) in [5.74, 6) is -0.961. The van der Waals surface area contributed by atoms with Crippen molar-refractivity contribution in [3.63, 3.8) is 0 Å². The van der Waals surface area contributed by atoms with Crippen LogP contribution >= 0.6 is 0 Å². The highest BCUT2D eigenvalue weighted by Crippen LogP contribution is 2.33. The number of non-ortho nitro benzene ring substituents is 1. The van der Waals surface area contributed by atoms with Gasteiger partial charge in [-0.2, -0.15) is 10.1 Å². The molecule has 3 aromatic heterocycles. The number of rotatable bonds is 11. The zero-order chi connectivity index (χ0) is 35.3. The Balaban J connectivity index is 1.30. The molecule has 0 saturated carbocycles. The quantitative estimate of drug-likeness (QED) is 0.127. The Hall–Kier alpha value is -7.29. The lowest BCUT2D eigenvalue weighted by Crippen LogP contribution is -2.27. The number of aromatic nitrogens is 7. The van der Waals surface area contributed by atoms with Gasteiger partial charge in [0.05, 0.1) is 23.4 Å². The van der Waals surface area contributed by atoms with Crippen LogP contribution in [0.3, 0.4) is 0 Å². The van der Waals surface area contributed by atoms with E-state index in [2.05, 4.69) is 31.1 Å². The number of hydrogen-bond donors (Lipinski definition) is 2. The molecule has 252 valence electrons. The summed E-state index contributed by atoms with van der Waals surface area (Å²) in [4.78, 5) is 41.7. The Morgan fingerprint density at radius 3 is 2.31 bits per heavy atom. The van der Waals surface area contributed by atoms with Gasteiger partial charge in [0.1, 0.15) is 11.4 Å². The molecule has 0 radical (unpaired) electrons. The molecule has 7 aromatic rings. The minimum atomic E-state index is -0.528. The van der Waals surface area contributed by atoms with Gasteiger partial charge in [-0.15, -0.1) is 5.10 Å². The van der Waals surface area contributed by atoms with E-state index in [1.54, 1.807) is 22.9 Å². The summed E-state index contributed by atoms with van der Waals surface area (Å²) in [5.41, 5.74) is 4.19. The largest absolute Gasteiger partial charge is 0.347 e. The number of anilines is 1. The summed E-state index contributed by atoms with van der Waals surface area (Å²) in [6, 6.07) is 32.1. The van der Waals surface area contributed by atoms with Gasteiger partial charge in [0.2, 0.25) is 11.7 Å². The lowest BCUT2D eigenvalue weighted by Gasteiger charge is -2.11. The van der Waals surface area contributed by atoms with Gasteiger partial charge in [0.25, 0.3) is 17.5 Å². The topological polar surface area (TPSA) is 189 Å². The highest BCUT2D eigenvalue weighted by atomic mass is 16.6. The van der Waals surface area contributed by atoms with Crippen molar-refractivity contribution in [2.75, 3.05) is 5.32 Å². The Bertz CT molecular complexity index is 2350. The molecule has 7 rings (SSSR count). The van der Waals surface area contributed by atoms with Gasteiger partial charge < -0.3 is 15.2 Å². The highest BCUT2D eigenvalue weighted by Gasteiger charge is 2.29. The van der Waals surface area contributed by atoms with Crippen LogP contribution in [0, 0.1) is 10.1 Å². The summed E-state index contributed by atoms with van der Waals surface area (Å²) >= 11 is 0. The summed E-state index contributed by atoms with van der Waals surface area (Å²) < 4.78 is 8.64. The number of nitrogens with one attached hydrogen (secondary N) is 2. The van der Waals surface area contributed by atoms with E-state index in [0.717, 1.165) is 11.1 Å². The van der Waals surface area contributed by atoms with Gasteiger partial charge in [0, 0.05) is 36.7 Å². The molecule has 51 heavy (non-hydrogen) atoms. The SMILES string of the molecule is CC(=O)Nc1c(-c2noc(-c3ccc([N+](=O)[O-])cc3)n2)nn(-c2cccc(-c3cn(Cc4ccccc4)nn3)c2)c1C(=O)NCc1ccccc1. The molecule has 4 aromatic carbocycles. The fourth-order valence-electron chi connectivity index (χ4n) is 5.37. The van der Waals surface area contributed by atoms with E-state index < -0.39 is 16.7 Å². The summed E-state index contributed by atoms with van der Waals surface area (Å²) in [6.07, 6.45) is 1.83. The molecule has 0 fully saturated rings. The zero-order valence-electron chi connectivity index (χ0n) is 27.0. The number of hydrogen-bond acceptors (Lipinski definition) is 10. The maximum atomic E-state index is 14.0. The van der Waals surface area contributed by atoms with Gasteiger partial charge in [-0.25, -0.2) is 9.36 Å². The monoisotopic (exact) mass is 680 g/mol. The fourth-order valence-corrected chi connectivity index (χ4v) is 5.37. The van der Waals surface area contributed by atoms with Crippen molar-refractivity contribution in [3.8, 4) is 39.9 Å². The van der Waals surface area contributed by atoms with E-state index in [1.807, 2.05) is 72.9 Å². The molecule has 2 amide bonds. The first-order chi connectivity index (χ1) is 24.8. The molecule has 0 atom stereocenters. The number of benzene rings is 4. The number of nitro groups is 1. The van der Waals surface area contributed by atoms with Gasteiger partial charge >= 0.3 is 0 Å². The van der Waals surface area contributed by atoms with Gasteiger partial charge in [-0.05, 0) is 35.4 Å². The van der Waals surface area contributed by atoms with E-state index in [1.165, 1.54) is 35.9 Å². The molecule has 0 spiro atoms. The average molecular weight is 681 g/mol. The van der Waals surface area contributed by atoms with Crippen LogP contribution in [0.2, 0.25) is 0 Å². The predicted octanol–water partition coefficient (Wildman–Crippen LogP) is 5.69. The second-order valence-electron chi connectivity index (χ2n) is 11.4. The highest BCUT2D eigenvalue weighted by molar-refractivity contribution is 6.06. The zero-order valence-corrected chi connectivity index (χ0v) is 27.0. The third-order valence-electron chi connectivity index (χ3n) is 7.77. The lowest BCUT2D eigenvalue weighted by atomic mass is 10.1. The van der Waals surface area contributed by atoms with Crippen LogP contribution in [-0.4, -0.2) is 51.7 Å². The van der Waals surface area contributed by atoms with Crippen molar-refractivity contribution in [3.05, 3.63) is 142 Å². The third kappa shape index (κ3) is 7.12. The maximum Gasteiger partial charge on any atom is 0.272 e. The standard InChI is InChI=1S/C36H28N10O5/c1-23(47)38-31-32(34-39-36(51-42-34)26-15-17-28(18-16-26)46(49)50)41-45(33(31)35(48)37-20-24-9-4-2-5-10-24)29-14-8-13-27(19-29)30-22-44(43-40-30)21-25-11-6-3-7-12-25/h2-19,22H,20-21H2,1H3,(H,37,48)(H,38,47). The maximum absolute atomic E-state index is 14.0. The summed E-state index contributed by atoms with van der Waals surface area (Å²) in [5, 5.41) is 34.3. The normalized spacial score (nSPS) is 10.9. The van der Waals surface area contributed by atoms with Crippen molar-refractivity contribution in [2.45, 2.75) is 20.0 Å². The predicted molar refractivity (Wildman–Crippen MR) is 185 cm³/mol.